The lowest BCUT2D eigenvalue weighted by Crippen LogP contribution is -2.48. The fraction of sp³-hybridized carbons (Fsp3) is 0.300. The second-order valence-corrected chi connectivity index (χ2v) is 6.75. The Bertz CT molecular complexity index is 967. The number of piperazine rings is 1. The van der Waals surface area contributed by atoms with Crippen LogP contribution in [0.3, 0.4) is 0 Å². The molecule has 0 N–H and O–H groups in total. The van der Waals surface area contributed by atoms with E-state index >= 15 is 0 Å². The Hall–Kier alpha value is -3.42. The van der Waals surface area contributed by atoms with E-state index < -0.39 is 0 Å². The van der Waals surface area contributed by atoms with Crippen LogP contribution in [-0.4, -0.2) is 57.0 Å². The molecule has 4 heterocycles. The smallest absolute Gasteiger partial charge is 0.246 e. The average molecular weight is 378 g/mol. The normalized spacial score (nSPS) is 14.8. The third-order valence-electron chi connectivity index (χ3n) is 4.71. The summed E-state index contributed by atoms with van der Waals surface area (Å²) in [5.74, 6) is 2.17. The highest BCUT2D eigenvalue weighted by Crippen LogP contribution is 2.16. The Balaban J connectivity index is 1.36. The molecule has 28 heavy (non-hydrogen) atoms. The Labute approximate surface area is 163 Å². The van der Waals surface area contributed by atoms with Gasteiger partial charge in [0, 0.05) is 37.9 Å². The Morgan fingerprint density at radius 1 is 1.07 bits per heavy atom. The molecule has 0 aromatic carbocycles. The van der Waals surface area contributed by atoms with Gasteiger partial charge in [-0.15, -0.1) is 10.2 Å². The fourth-order valence-corrected chi connectivity index (χ4v) is 3.26. The Morgan fingerprint density at radius 3 is 2.43 bits per heavy atom. The molecule has 8 heteroatoms. The first-order valence-electron chi connectivity index (χ1n) is 9.23. The van der Waals surface area contributed by atoms with Crippen LogP contribution < -0.4 is 4.90 Å². The number of hydrogen-bond acceptors (Lipinski definition) is 6. The summed E-state index contributed by atoms with van der Waals surface area (Å²) >= 11 is 0. The van der Waals surface area contributed by atoms with Crippen molar-refractivity contribution < 1.29 is 9.21 Å². The highest BCUT2D eigenvalue weighted by atomic mass is 16.3. The molecule has 1 aliphatic rings. The van der Waals surface area contributed by atoms with Crippen molar-refractivity contribution >= 4 is 17.8 Å². The molecule has 0 spiro atoms. The molecule has 8 nitrogen and oxygen atoms in total. The van der Waals surface area contributed by atoms with Crippen LogP contribution in [0.4, 0.5) is 5.82 Å². The summed E-state index contributed by atoms with van der Waals surface area (Å²) in [6.07, 6.45) is 4.83. The minimum absolute atomic E-state index is 0.0120. The largest absolute Gasteiger partial charge is 0.465 e. The number of aromatic nitrogens is 4. The van der Waals surface area contributed by atoms with Gasteiger partial charge in [-0.2, -0.15) is 5.10 Å². The van der Waals surface area contributed by atoms with E-state index in [1.807, 2.05) is 43.0 Å². The molecule has 1 saturated heterocycles. The molecule has 1 amide bonds. The van der Waals surface area contributed by atoms with Gasteiger partial charge in [0.15, 0.2) is 11.6 Å². The number of furan rings is 1. The van der Waals surface area contributed by atoms with E-state index in [1.54, 1.807) is 29.2 Å². The molecular weight excluding hydrogens is 356 g/mol. The third kappa shape index (κ3) is 3.80. The van der Waals surface area contributed by atoms with Crippen LogP contribution in [0.15, 0.2) is 47.1 Å². The second-order valence-electron chi connectivity index (χ2n) is 6.75. The van der Waals surface area contributed by atoms with Crippen LogP contribution in [0, 0.1) is 13.8 Å². The van der Waals surface area contributed by atoms with Crippen LogP contribution in [-0.2, 0) is 4.79 Å². The summed E-state index contributed by atoms with van der Waals surface area (Å²) in [5, 5.41) is 13.1. The third-order valence-corrected chi connectivity index (χ3v) is 4.71. The zero-order valence-corrected chi connectivity index (χ0v) is 15.9. The van der Waals surface area contributed by atoms with E-state index in [9.17, 15) is 4.79 Å². The average Bonchev–Trinajstić information content (AvgIpc) is 3.35. The van der Waals surface area contributed by atoms with E-state index in [0.717, 1.165) is 17.2 Å². The molecule has 0 aliphatic carbocycles. The van der Waals surface area contributed by atoms with Gasteiger partial charge in [-0.05, 0) is 50.3 Å². The lowest BCUT2D eigenvalue weighted by molar-refractivity contribution is -0.126. The Kier molecular flexibility index (Phi) is 4.92. The monoisotopic (exact) mass is 378 g/mol. The Morgan fingerprint density at radius 2 is 1.82 bits per heavy atom. The maximum Gasteiger partial charge on any atom is 0.246 e. The van der Waals surface area contributed by atoms with Crippen molar-refractivity contribution in [3.05, 3.63) is 59.8 Å². The van der Waals surface area contributed by atoms with Crippen molar-refractivity contribution in [3.63, 3.8) is 0 Å². The van der Waals surface area contributed by atoms with E-state index in [-0.39, 0.29) is 5.91 Å². The number of carbonyl (C=O) groups is 1. The van der Waals surface area contributed by atoms with Gasteiger partial charge in [0.05, 0.1) is 12.0 Å². The highest BCUT2D eigenvalue weighted by Gasteiger charge is 2.21. The SMILES string of the molecule is Cc1cc(C)n(-c2ccc(N3CCN(C(=O)/C=C/c4ccco4)CC3)nn2)n1. The van der Waals surface area contributed by atoms with Crippen molar-refractivity contribution in [1.82, 2.24) is 24.9 Å². The van der Waals surface area contributed by atoms with Gasteiger partial charge in [-0.1, -0.05) is 0 Å². The maximum absolute atomic E-state index is 12.3. The summed E-state index contributed by atoms with van der Waals surface area (Å²) < 4.78 is 6.99. The molecule has 0 unspecified atom stereocenters. The molecule has 0 saturated carbocycles. The molecular formula is C20H22N6O2. The number of aryl methyl sites for hydroxylation is 2. The first-order chi connectivity index (χ1) is 13.6. The summed E-state index contributed by atoms with van der Waals surface area (Å²) in [6, 6.07) is 9.49. The van der Waals surface area contributed by atoms with Gasteiger partial charge in [0.2, 0.25) is 5.91 Å². The van der Waals surface area contributed by atoms with Crippen LogP contribution in [0.1, 0.15) is 17.1 Å². The standard InChI is InChI=1S/C20H22N6O2/c1-15-14-16(2)26(23-15)19-7-6-18(21-22-19)24-9-11-25(12-10-24)20(27)8-5-17-4-3-13-28-17/h3-8,13-14H,9-12H2,1-2H3/b8-5+. The predicted octanol–water partition coefficient (Wildman–Crippen LogP) is 2.23. The van der Waals surface area contributed by atoms with Gasteiger partial charge < -0.3 is 14.2 Å². The molecule has 0 atom stereocenters. The zero-order valence-electron chi connectivity index (χ0n) is 15.9. The molecule has 4 rings (SSSR count). The topological polar surface area (TPSA) is 80.3 Å². The van der Waals surface area contributed by atoms with E-state index in [2.05, 4.69) is 20.2 Å². The lowest BCUT2D eigenvalue weighted by Gasteiger charge is -2.34. The van der Waals surface area contributed by atoms with Crippen molar-refractivity contribution in [2.75, 3.05) is 31.1 Å². The second kappa shape index (κ2) is 7.67. The number of hydrogen-bond donors (Lipinski definition) is 0. The van der Waals surface area contributed by atoms with E-state index in [0.29, 0.717) is 37.8 Å². The highest BCUT2D eigenvalue weighted by molar-refractivity contribution is 5.91. The molecule has 3 aromatic rings. The first-order valence-corrected chi connectivity index (χ1v) is 9.23. The minimum Gasteiger partial charge on any atom is -0.465 e. The number of carbonyl (C=O) groups excluding carboxylic acids is 1. The van der Waals surface area contributed by atoms with Gasteiger partial charge in [0.25, 0.3) is 0 Å². The molecule has 1 aliphatic heterocycles. The van der Waals surface area contributed by atoms with Crippen LogP contribution in [0.25, 0.3) is 11.9 Å². The maximum atomic E-state index is 12.3. The van der Waals surface area contributed by atoms with E-state index in [4.69, 9.17) is 4.42 Å². The fourth-order valence-electron chi connectivity index (χ4n) is 3.26. The number of rotatable bonds is 4. The van der Waals surface area contributed by atoms with Crippen molar-refractivity contribution in [1.29, 1.82) is 0 Å². The summed E-state index contributed by atoms with van der Waals surface area (Å²) in [4.78, 5) is 16.3. The van der Waals surface area contributed by atoms with Crippen LogP contribution >= 0.6 is 0 Å². The molecule has 1 fully saturated rings. The summed E-state index contributed by atoms with van der Waals surface area (Å²) in [6.45, 7) is 6.66. The lowest BCUT2D eigenvalue weighted by atomic mass is 10.3. The molecule has 3 aromatic heterocycles. The summed E-state index contributed by atoms with van der Waals surface area (Å²) in [5.41, 5.74) is 1.97. The summed E-state index contributed by atoms with van der Waals surface area (Å²) in [7, 11) is 0. The number of amides is 1. The number of anilines is 1. The predicted molar refractivity (Wildman–Crippen MR) is 105 cm³/mol. The molecule has 0 radical (unpaired) electrons. The van der Waals surface area contributed by atoms with Crippen molar-refractivity contribution in [3.8, 4) is 5.82 Å². The van der Waals surface area contributed by atoms with Crippen molar-refractivity contribution in [2.45, 2.75) is 13.8 Å². The molecule has 144 valence electrons. The zero-order chi connectivity index (χ0) is 19.5. The number of nitrogens with zero attached hydrogens (tertiary/aromatic N) is 6. The first kappa shape index (κ1) is 18.0. The quantitative estimate of drug-likeness (QED) is 0.648. The van der Waals surface area contributed by atoms with Crippen LogP contribution in [0.5, 0.6) is 0 Å². The van der Waals surface area contributed by atoms with E-state index in [1.165, 1.54) is 0 Å². The minimum atomic E-state index is -0.0120. The van der Waals surface area contributed by atoms with Gasteiger partial charge in [-0.3, -0.25) is 4.79 Å². The van der Waals surface area contributed by atoms with Gasteiger partial charge in [-0.25, -0.2) is 4.68 Å². The molecule has 0 bridgehead atoms. The van der Waals surface area contributed by atoms with Gasteiger partial charge >= 0.3 is 0 Å². The van der Waals surface area contributed by atoms with Gasteiger partial charge in [0.1, 0.15) is 5.76 Å². The van der Waals surface area contributed by atoms with Crippen molar-refractivity contribution in [2.24, 2.45) is 0 Å². The van der Waals surface area contributed by atoms with Crippen LogP contribution in [0.2, 0.25) is 0 Å².